The van der Waals surface area contributed by atoms with E-state index in [0.717, 1.165) is 37.0 Å². The lowest BCUT2D eigenvalue weighted by Crippen LogP contribution is -2.31. The lowest BCUT2D eigenvalue weighted by Gasteiger charge is -2.27. The molecule has 8 heteroatoms. The average Bonchev–Trinajstić information content (AvgIpc) is 3.17. The Bertz CT molecular complexity index is 1180. The minimum Gasteiger partial charge on any atom is -0.478 e. The predicted molar refractivity (Wildman–Crippen MR) is 128 cm³/mol. The van der Waals surface area contributed by atoms with Crippen LogP contribution in [-0.4, -0.2) is 29.5 Å². The van der Waals surface area contributed by atoms with Gasteiger partial charge in [-0.05, 0) is 37.0 Å². The molecule has 0 aliphatic carbocycles. The van der Waals surface area contributed by atoms with E-state index in [-0.39, 0.29) is 16.6 Å². The van der Waals surface area contributed by atoms with Crippen molar-refractivity contribution in [2.45, 2.75) is 33.3 Å². The highest BCUT2D eigenvalue weighted by Crippen LogP contribution is 2.41. The van der Waals surface area contributed by atoms with E-state index in [1.165, 1.54) is 17.7 Å². The van der Waals surface area contributed by atoms with E-state index in [1.54, 1.807) is 19.4 Å². The molecule has 1 aliphatic heterocycles. The van der Waals surface area contributed by atoms with Crippen molar-refractivity contribution < 1.29 is 13.5 Å². The summed E-state index contributed by atoms with van der Waals surface area (Å²) in [6.07, 6.45) is 5.90. The fourth-order valence-electron chi connectivity index (χ4n) is 4.13. The Hall–Kier alpha value is -2.28. The number of aromatic nitrogens is 1. The number of hydrogen-bond acceptors (Lipinski definition) is 5. The number of nitrogens with zero attached hydrogens (tertiary/aromatic N) is 2. The highest BCUT2D eigenvalue weighted by Gasteiger charge is 2.24. The van der Waals surface area contributed by atoms with Gasteiger partial charge in [-0.3, -0.25) is 4.90 Å². The van der Waals surface area contributed by atoms with Gasteiger partial charge in [-0.2, -0.15) is 0 Å². The fraction of sp³-hybridized carbons (Fsp3) is 0.375. The van der Waals surface area contributed by atoms with Crippen molar-refractivity contribution in [3.05, 3.63) is 57.7 Å². The number of benzene rings is 1. The van der Waals surface area contributed by atoms with Crippen LogP contribution in [0.3, 0.4) is 0 Å². The van der Waals surface area contributed by atoms with Gasteiger partial charge in [0.2, 0.25) is 5.75 Å². The van der Waals surface area contributed by atoms with Gasteiger partial charge in [0.25, 0.3) is 0 Å². The van der Waals surface area contributed by atoms with Crippen molar-refractivity contribution in [3.63, 3.8) is 0 Å². The molecule has 0 spiro atoms. The molecule has 0 unspecified atom stereocenters. The first-order valence-electron chi connectivity index (χ1n) is 10.6. The maximum absolute atomic E-state index is 14.0. The highest BCUT2D eigenvalue weighted by molar-refractivity contribution is 6.36. The summed E-state index contributed by atoms with van der Waals surface area (Å²) >= 11 is 12.4. The topological polar surface area (TPSA) is 64.5 Å². The van der Waals surface area contributed by atoms with E-state index in [2.05, 4.69) is 29.8 Å². The van der Waals surface area contributed by atoms with Crippen LogP contribution in [0.25, 0.3) is 16.5 Å². The molecule has 32 heavy (non-hydrogen) atoms. The second-order valence-corrected chi connectivity index (χ2v) is 9.30. The Morgan fingerprint density at radius 1 is 1.28 bits per heavy atom. The Morgan fingerprint density at radius 2 is 2.06 bits per heavy atom. The number of anilines is 1. The van der Waals surface area contributed by atoms with E-state index in [9.17, 15) is 4.39 Å². The van der Waals surface area contributed by atoms with Gasteiger partial charge in [-0.25, -0.2) is 9.37 Å². The van der Waals surface area contributed by atoms with Crippen molar-refractivity contribution in [2.75, 3.05) is 25.4 Å². The normalized spacial score (nSPS) is 15.9. The van der Waals surface area contributed by atoms with Crippen LogP contribution in [0, 0.1) is 11.7 Å². The van der Waals surface area contributed by atoms with Crippen LogP contribution >= 0.6 is 23.2 Å². The number of pyridine rings is 1. The van der Waals surface area contributed by atoms with E-state index in [0.29, 0.717) is 22.1 Å². The minimum atomic E-state index is -0.674. The number of rotatable bonds is 6. The first-order chi connectivity index (χ1) is 15.3. The predicted octanol–water partition coefficient (Wildman–Crippen LogP) is 6.74. The molecule has 4 rings (SSSR count). The van der Waals surface area contributed by atoms with E-state index in [1.807, 2.05) is 0 Å². The molecule has 2 aromatic heterocycles. The molecule has 3 aromatic rings. The summed E-state index contributed by atoms with van der Waals surface area (Å²) in [5.74, 6) is 0.528. The number of fused-ring (bicyclic) bond motifs is 1. The van der Waals surface area contributed by atoms with Gasteiger partial charge in [0.1, 0.15) is 11.9 Å². The molecule has 2 N–H and O–H groups in total. The van der Waals surface area contributed by atoms with Crippen molar-refractivity contribution >= 4 is 45.6 Å². The third kappa shape index (κ3) is 4.45. The second kappa shape index (κ2) is 9.30. The van der Waals surface area contributed by atoms with Crippen LogP contribution in [0.1, 0.15) is 44.4 Å². The third-order valence-electron chi connectivity index (χ3n) is 5.64. The zero-order chi connectivity index (χ0) is 23.0. The van der Waals surface area contributed by atoms with Gasteiger partial charge in [-0.15, -0.1) is 0 Å². The summed E-state index contributed by atoms with van der Waals surface area (Å²) in [7, 11) is 0. The van der Waals surface area contributed by atoms with E-state index < -0.39 is 11.9 Å². The van der Waals surface area contributed by atoms with Crippen molar-refractivity contribution in [2.24, 2.45) is 5.92 Å². The first kappa shape index (κ1) is 22.9. The Kier molecular flexibility index (Phi) is 6.65. The number of nitrogen functional groups attached to an aromatic ring is 1. The quantitative estimate of drug-likeness (QED) is 0.398. The molecule has 1 aromatic carbocycles. The van der Waals surface area contributed by atoms with E-state index >= 15 is 0 Å². The number of halogens is 3. The second-order valence-electron chi connectivity index (χ2n) is 8.51. The monoisotopic (exact) mass is 477 g/mol. The molecule has 0 bridgehead atoms. The molecule has 5 nitrogen and oxygen atoms in total. The zero-order valence-electron chi connectivity index (χ0n) is 18.3. The van der Waals surface area contributed by atoms with E-state index in [4.69, 9.17) is 38.1 Å². The summed E-state index contributed by atoms with van der Waals surface area (Å²) in [4.78, 5) is 6.75. The number of hydrogen-bond donors (Lipinski definition) is 1. The maximum Gasteiger partial charge on any atom is 0.205 e. The largest absolute Gasteiger partial charge is 0.478 e. The van der Waals surface area contributed by atoms with Crippen LogP contribution in [-0.2, 0) is 0 Å². The minimum absolute atomic E-state index is 0.0813. The molecule has 1 aliphatic rings. The molecule has 0 saturated heterocycles. The summed E-state index contributed by atoms with van der Waals surface area (Å²) in [6, 6.07) is 2.67. The van der Waals surface area contributed by atoms with Crippen LogP contribution in [0.15, 0.2) is 35.1 Å². The molecular formula is C24H26Cl2FN3O2. The summed E-state index contributed by atoms with van der Waals surface area (Å²) in [5, 5.41) is 1.05. The average molecular weight is 478 g/mol. The zero-order valence-corrected chi connectivity index (χ0v) is 19.8. The number of nitrogens with two attached hydrogens (primary N) is 1. The summed E-state index contributed by atoms with van der Waals surface area (Å²) in [6.45, 7) is 9.16. The van der Waals surface area contributed by atoms with Crippen molar-refractivity contribution in [3.8, 4) is 5.75 Å². The van der Waals surface area contributed by atoms with Gasteiger partial charge in [0.05, 0.1) is 16.7 Å². The summed E-state index contributed by atoms with van der Waals surface area (Å²) in [5.41, 5.74) is 9.15. The van der Waals surface area contributed by atoms with Crippen LogP contribution in [0.4, 0.5) is 10.2 Å². The molecule has 0 fully saturated rings. The lowest BCUT2D eigenvalue weighted by atomic mass is 9.99. The Labute approximate surface area is 196 Å². The molecule has 3 heterocycles. The molecule has 0 amide bonds. The van der Waals surface area contributed by atoms with Gasteiger partial charge in [-0.1, -0.05) is 43.1 Å². The Morgan fingerprint density at radius 3 is 2.75 bits per heavy atom. The smallest absolute Gasteiger partial charge is 0.205 e. The molecular weight excluding hydrogens is 452 g/mol. The standard InChI is InChI=1S/C24H26Cl2FN3O2/c1-13(2)11-30-8-6-15(7-9-30)17-12-31-22-16(17)10-29-24(28)23(22)32-14(3)20-18(25)4-5-19(27)21(20)26/h4-6,10,12-14H,7-9,11H2,1-3H3,(H2,28,29)/t14-/m1/s1. The van der Waals surface area contributed by atoms with Crippen LogP contribution in [0.5, 0.6) is 5.75 Å². The third-order valence-corrected chi connectivity index (χ3v) is 6.36. The molecule has 0 saturated carbocycles. The maximum atomic E-state index is 14.0. The molecule has 1 atom stereocenters. The summed E-state index contributed by atoms with van der Waals surface area (Å²) < 4.78 is 26.0. The first-order valence-corrected chi connectivity index (χ1v) is 11.4. The van der Waals surface area contributed by atoms with Gasteiger partial charge >= 0.3 is 0 Å². The van der Waals surface area contributed by atoms with Crippen molar-refractivity contribution in [1.82, 2.24) is 9.88 Å². The Balaban J connectivity index is 1.65. The molecule has 0 radical (unpaired) electrons. The van der Waals surface area contributed by atoms with Gasteiger partial charge in [0.15, 0.2) is 11.4 Å². The number of ether oxygens (including phenoxy) is 1. The molecule has 170 valence electrons. The SMILES string of the molecule is CC(C)CN1CC=C(c2coc3c(O[C@H](C)c4c(Cl)ccc(F)c4Cl)c(N)ncc23)CC1. The number of furan rings is 1. The van der Waals surface area contributed by atoms with Crippen LogP contribution < -0.4 is 10.5 Å². The van der Waals surface area contributed by atoms with Gasteiger partial charge < -0.3 is 14.9 Å². The highest BCUT2D eigenvalue weighted by atomic mass is 35.5. The lowest BCUT2D eigenvalue weighted by molar-refractivity contribution is 0.227. The van der Waals surface area contributed by atoms with Crippen LogP contribution in [0.2, 0.25) is 10.0 Å². The fourth-order valence-corrected chi connectivity index (χ4v) is 4.81. The van der Waals surface area contributed by atoms with Crippen molar-refractivity contribution in [1.29, 1.82) is 0 Å². The van der Waals surface area contributed by atoms with Gasteiger partial charge in [0, 0.05) is 42.0 Å².